The maximum absolute atomic E-state index is 12.7. The Morgan fingerprint density at radius 1 is 1.29 bits per heavy atom. The van der Waals surface area contributed by atoms with E-state index < -0.39 is 15.3 Å². The summed E-state index contributed by atoms with van der Waals surface area (Å²) >= 11 is 0. The monoisotopic (exact) mass is 316 g/mol. The second-order valence-corrected chi connectivity index (χ2v) is 8.21. The molecule has 2 rings (SSSR count). The third kappa shape index (κ3) is 3.22. The van der Waals surface area contributed by atoms with Crippen LogP contribution in [0.3, 0.4) is 0 Å². The first-order valence-electron chi connectivity index (χ1n) is 7.66. The van der Waals surface area contributed by atoms with Crippen LogP contribution in [0.4, 0.5) is 0 Å². The number of carbonyl (C=O) groups is 2. The van der Waals surface area contributed by atoms with E-state index in [4.69, 9.17) is 0 Å². The zero-order valence-electron chi connectivity index (χ0n) is 12.7. The molecule has 1 saturated heterocycles. The van der Waals surface area contributed by atoms with E-state index in [1.165, 1.54) is 0 Å². The molecule has 2 amide bonds. The molecule has 1 saturated carbocycles. The lowest BCUT2D eigenvalue weighted by atomic mass is 10.0. The molecule has 1 unspecified atom stereocenters. The van der Waals surface area contributed by atoms with Crippen molar-refractivity contribution in [1.29, 1.82) is 0 Å². The van der Waals surface area contributed by atoms with E-state index in [1.54, 1.807) is 4.90 Å². The third-order valence-corrected chi connectivity index (χ3v) is 6.13. The summed E-state index contributed by atoms with van der Waals surface area (Å²) in [5, 5.41) is 2.80. The molecular weight excluding hydrogens is 292 g/mol. The summed E-state index contributed by atoms with van der Waals surface area (Å²) in [6, 6.07) is -0.274. The Balaban J connectivity index is 2.08. The van der Waals surface area contributed by atoms with Crippen LogP contribution in [-0.4, -0.2) is 55.8 Å². The number of nitrogens with zero attached hydrogens (tertiary/aromatic N) is 1. The number of hydrogen-bond donors (Lipinski definition) is 1. The summed E-state index contributed by atoms with van der Waals surface area (Å²) in [5.41, 5.74) is -0.933. The lowest BCUT2D eigenvalue weighted by Crippen LogP contribution is -2.49. The zero-order valence-corrected chi connectivity index (χ0v) is 13.5. The molecule has 1 aliphatic heterocycles. The van der Waals surface area contributed by atoms with Crippen LogP contribution in [0, 0.1) is 5.41 Å². The first-order valence-corrected chi connectivity index (χ1v) is 9.48. The van der Waals surface area contributed by atoms with Crippen molar-refractivity contribution in [3.05, 3.63) is 0 Å². The van der Waals surface area contributed by atoms with Crippen LogP contribution in [0.2, 0.25) is 0 Å². The first kappa shape index (κ1) is 16.3. The van der Waals surface area contributed by atoms with Gasteiger partial charge in [0.1, 0.15) is 5.41 Å². The van der Waals surface area contributed by atoms with Gasteiger partial charge in [0.15, 0.2) is 9.84 Å². The number of nitrogens with one attached hydrogen (secondary N) is 1. The standard InChI is InChI=1S/C14H24N2O4S/c1-3-8-15-12(17)14(6-7-14)13(18)16(4-2)11-5-9-21(19,20)10-11/h11H,3-10H2,1-2H3,(H,15,17). The molecule has 2 aliphatic rings. The highest BCUT2D eigenvalue weighted by molar-refractivity contribution is 7.91. The van der Waals surface area contributed by atoms with Crippen LogP contribution < -0.4 is 5.32 Å². The summed E-state index contributed by atoms with van der Waals surface area (Å²) in [4.78, 5) is 26.5. The lowest BCUT2D eigenvalue weighted by Gasteiger charge is -2.30. The molecule has 0 bridgehead atoms. The Bertz CT molecular complexity index is 525. The van der Waals surface area contributed by atoms with Crippen molar-refractivity contribution in [3.63, 3.8) is 0 Å². The van der Waals surface area contributed by atoms with Gasteiger partial charge < -0.3 is 10.2 Å². The van der Waals surface area contributed by atoms with Gasteiger partial charge in [-0.05, 0) is 32.6 Å². The van der Waals surface area contributed by atoms with Gasteiger partial charge in [0, 0.05) is 19.1 Å². The van der Waals surface area contributed by atoms with Crippen LogP contribution in [0.1, 0.15) is 39.5 Å². The van der Waals surface area contributed by atoms with Crippen molar-refractivity contribution < 1.29 is 18.0 Å². The van der Waals surface area contributed by atoms with Crippen LogP contribution in [0.15, 0.2) is 0 Å². The SMILES string of the molecule is CCCNC(=O)C1(C(=O)N(CC)C2CCS(=O)(=O)C2)CC1. The maximum Gasteiger partial charge on any atom is 0.238 e. The van der Waals surface area contributed by atoms with Gasteiger partial charge >= 0.3 is 0 Å². The Morgan fingerprint density at radius 3 is 2.38 bits per heavy atom. The van der Waals surface area contributed by atoms with Gasteiger partial charge in [-0.3, -0.25) is 9.59 Å². The van der Waals surface area contributed by atoms with E-state index in [1.807, 2.05) is 13.8 Å². The highest BCUT2D eigenvalue weighted by Crippen LogP contribution is 2.48. The molecule has 1 heterocycles. The van der Waals surface area contributed by atoms with Gasteiger partial charge in [-0.15, -0.1) is 0 Å². The van der Waals surface area contributed by atoms with Crippen molar-refractivity contribution in [2.24, 2.45) is 5.41 Å². The molecule has 0 aromatic carbocycles. The van der Waals surface area contributed by atoms with E-state index in [0.717, 1.165) is 6.42 Å². The fourth-order valence-corrected chi connectivity index (χ4v) is 4.67. The summed E-state index contributed by atoms with van der Waals surface area (Å²) in [7, 11) is -3.04. The van der Waals surface area contributed by atoms with Crippen LogP contribution >= 0.6 is 0 Å². The minimum absolute atomic E-state index is 0.0270. The molecule has 2 fully saturated rings. The topological polar surface area (TPSA) is 83.6 Å². The molecule has 1 aliphatic carbocycles. The smallest absolute Gasteiger partial charge is 0.238 e. The first-order chi connectivity index (χ1) is 9.86. The van der Waals surface area contributed by atoms with E-state index in [0.29, 0.717) is 32.4 Å². The Hall–Kier alpha value is -1.11. The second kappa shape index (κ2) is 5.94. The van der Waals surface area contributed by atoms with Gasteiger partial charge in [-0.1, -0.05) is 6.92 Å². The van der Waals surface area contributed by atoms with Gasteiger partial charge in [0.2, 0.25) is 11.8 Å². The molecule has 0 spiro atoms. The summed E-state index contributed by atoms with van der Waals surface area (Å²) in [6.07, 6.45) is 2.44. The van der Waals surface area contributed by atoms with Gasteiger partial charge in [0.25, 0.3) is 0 Å². The Labute approximate surface area is 126 Å². The predicted octanol–water partition coefficient (Wildman–Crippen LogP) is 0.328. The molecule has 0 aromatic heterocycles. The fourth-order valence-electron chi connectivity index (χ4n) is 2.93. The van der Waals surface area contributed by atoms with E-state index in [-0.39, 0.29) is 29.4 Å². The summed E-state index contributed by atoms with van der Waals surface area (Å²) < 4.78 is 23.2. The average molecular weight is 316 g/mol. The molecule has 7 heteroatoms. The van der Waals surface area contributed by atoms with E-state index in [9.17, 15) is 18.0 Å². The van der Waals surface area contributed by atoms with Crippen molar-refractivity contribution in [2.75, 3.05) is 24.6 Å². The number of amides is 2. The van der Waals surface area contributed by atoms with Crippen molar-refractivity contribution in [1.82, 2.24) is 10.2 Å². The Kier molecular flexibility index (Phi) is 4.60. The van der Waals surface area contributed by atoms with Crippen molar-refractivity contribution >= 4 is 21.7 Å². The zero-order chi connectivity index (χ0) is 15.7. The summed E-state index contributed by atoms with van der Waals surface area (Å²) in [6.45, 7) is 4.81. The summed E-state index contributed by atoms with van der Waals surface area (Å²) in [5.74, 6) is -0.232. The van der Waals surface area contributed by atoms with Gasteiger partial charge in [0.05, 0.1) is 11.5 Å². The van der Waals surface area contributed by atoms with Gasteiger partial charge in [-0.25, -0.2) is 8.42 Å². The van der Waals surface area contributed by atoms with Crippen LogP contribution in [0.25, 0.3) is 0 Å². The average Bonchev–Trinajstić information content (AvgIpc) is 3.17. The lowest BCUT2D eigenvalue weighted by molar-refractivity contribution is -0.145. The van der Waals surface area contributed by atoms with Gasteiger partial charge in [-0.2, -0.15) is 0 Å². The molecule has 6 nitrogen and oxygen atoms in total. The number of sulfone groups is 1. The van der Waals surface area contributed by atoms with Crippen molar-refractivity contribution in [2.45, 2.75) is 45.6 Å². The molecule has 0 aromatic rings. The minimum atomic E-state index is -3.04. The Morgan fingerprint density at radius 2 is 1.95 bits per heavy atom. The third-order valence-electron chi connectivity index (χ3n) is 4.38. The largest absolute Gasteiger partial charge is 0.355 e. The quantitative estimate of drug-likeness (QED) is 0.716. The number of rotatable bonds is 6. The van der Waals surface area contributed by atoms with E-state index in [2.05, 4.69) is 5.32 Å². The van der Waals surface area contributed by atoms with Crippen LogP contribution in [0.5, 0.6) is 0 Å². The highest BCUT2D eigenvalue weighted by Gasteiger charge is 2.58. The second-order valence-electron chi connectivity index (χ2n) is 5.99. The normalized spacial score (nSPS) is 25.3. The predicted molar refractivity (Wildman–Crippen MR) is 79.4 cm³/mol. The number of hydrogen-bond acceptors (Lipinski definition) is 4. The molecule has 0 radical (unpaired) electrons. The number of carbonyl (C=O) groups excluding carboxylic acids is 2. The van der Waals surface area contributed by atoms with Crippen molar-refractivity contribution in [3.8, 4) is 0 Å². The molecular formula is C14H24N2O4S. The molecule has 120 valence electrons. The molecule has 1 N–H and O–H groups in total. The van der Waals surface area contributed by atoms with Crippen LogP contribution in [-0.2, 0) is 19.4 Å². The fraction of sp³-hybridized carbons (Fsp3) is 0.857. The molecule has 21 heavy (non-hydrogen) atoms. The van der Waals surface area contributed by atoms with E-state index >= 15 is 0 Å². The maximum atomic E-state index is 12.7. The highest BCUT2D eigenvalue weighted by atomic mass is 32.2. The molecule has 1 atom stereocenters. The minimum Gasteiger partial charge on any atom is -0.355 e.